The van der Waals surface area contributed by atoms with Crippen molar-refractivity contribution in [1.29, 1.82) is 0 Å². The second-order valence-electron chi connectivity index (χ2n) is 7.55. The Morgan fingerprint density at radius 2 is 1.70 bits per heavy atom. The minimum atomic E-state index is 0.0541. The summed E-state index contributed by atoms with van der Waals surface area (Å²) in [7, 11) is 0. The van der Waals surface area contributed by atoms with Crippen LogP contribution < -0.4 is 4.90 Å². The maximum absolute atomic E-state index is 12.7. The fourth-order valence-electron chi connectivity index (χ4n) is 4.21. The second-order valence-corrected chi connectivity index (χ2v) is 7.96. The third-order valence-electron chi connectivity index (χ3n) is 5.78. The van der Waals surface area contributed by atoms with Crippen molar-refractivity contribution in [2.75, 3.05) is 31.1 Å². The zero-order valence-electron chi connectivity index (χ0n) is 15.6. The van der Waals surface area contributed by atoms with E-state index in [0.29, 0.717) is 16.5 Å². The van der Waals surface area contributed by atoms with E-state index in [0.717, 1.165) is 57.7 Å². The van der Waals surface area contributed by atoms with E-state index in [4.69, 9.17) is 11.6 Å². The van der Waals surface area contributed by atoms with E-state index in [1.807, 2.05) is 4.90 Å². The molecule has 27 heavy (non-hydrogen) atoms. The smallest absolute Gasteiger partial charge is 0.255 e. The molecule has 0 saturated carbocycles. The molecule has 1 amide bonds. The number of pyridine rings is 1. The van der Waals surface area contributed by atoms with Gasteiger partial charge in [-0.05, 0) is 49.7 Å². The van der Waals surface area contributed by atoms with Crippen LogP contribution in [0.1, 0.15) is 53.9 Å². The molecule has 1 aromatic heterocycles. The monoisotopic (exact) mass is 383 g/mol. The van der Waals surface area contributed by atoms with Crippen LogP contribution >= 0.6 is 11.6 Å². The predicted octanol–water partition coefficient (Wildman–Crippen LogP) is 4.75. The van der Waals surface area contributed by atoms with Gasteiger partial charge >= 0.3 is 0 Å². The minimum absolute atomic E-state index is 0.0541. The van der Waals surface area contributed by atoms with E-state index in [9.17, 15) is 4.79 Å². The first-order chi connectivity index (χ1) is 13.2. The van der Waals surface area contributed by atoms with Crippen LogP contribution in [-0.2, 0) is 0 Å². The third-order valence-corrected chi connectivity index (χ3v) is 6.06. The predicted molar refractivity (Wildman–Crippen MR) is 110 cm³/mol. The van der Waals surface area contributed by atoms with Gasteiger partial charge in [0.25, 0.3) is 5.91 Å². The molecule has 2 fully saturated rings. The third kappa shape index (κ3) is 4.11. The molecule has 5 heteroatoms. The molecular weight excluding hydrogens is 358 g/mol. The first-order valence-corrected chi connectivity index (χ1v) is 10.3. The van der Waals surface area contributed by atoms with Gasteiger partial charge in [-0.25, -0.2) is 4.98 Å². The standard InChI is InChI=1S/C22H26ClN3O/c23-20-15-19(22(27)26-11-5-2-6-12-26)16-24-21(20)25-13-9-18(10-14-25)17-7-3-1-4-8-17/h1,3-4,7-8,15-16,18H,2,5-6,9-14H2. The Bertz CT molecular complexity index is 781. The average Bonchev–Trinajstić information content (AvgIpc) is 2.74. The minimum Gasteiger partial charge on any atom is -0.355 e. The van der Waals surface area contributed by atoms with Gasteiger partial charge in [0.15, 0.2) is 0 Å². The van der Waals surface area contributed by atoms with Crippen molar-refractivity contribution >= 4 is 23.3 Å². The molecular formula is C22H26ClN3O. The SMILES string of the molecule is O=C(c1cnc(N2CCC(c3ccccc3)CC2)c(Cl)c1)N1CCCCC1. The van der Waals surface area contributed by atoms with Crippen LogP contribution in [0.4, 0.5) is 5.82 Å². The highest BCUT2D eigenvalue weighted by molar-refractivity contribution is 6.33. The average molecular weight is 384 g/mol. The topological polar surface area (TPSA) is 36.4 Å². The molecule has 2 aliphatic heterocycles. The van der Waals surface area contributed by atoms with Gasteiger partial charge < -0.3 is 9.80 Å². The van der Waals surface area contributed by atoms with Gasteiger partial charge in [0.1, 0.15) is 5.82 Å². The van der Waals surface area contributed by atoms with Crippen molar-refractivity contribution in [3.8, 4) is 0 Å². The van der Waals surface area contributed by atoms with Crippen molar-refractivity contribution in [3.63, 3.8) is 0 Å². The fraction of sp³-hybridized carbons (Fsp3) is 0.455. The number of aromatic nitrogens is 1. The summed E-state index contributed by atoms with van der Waals surface area (Å²) in [5, 5.41) is 0.580. The van der Waals surface area contributed by atoms with Gasteiger partial charge in [-0.3, -0.25) is 4.79 Å². The number of rotatable bonds is 3. The number of halogens is 1. The van der Waals surface area contributed by atoms with Crippen LogP contribution in [0.25, 0.3) is 0 Å². The van der Waals surface area contributed by atoms with E-state index < -0.39 is 0 Å². The molecule has 0 radical (unpaired) electrons. The summed E-state index contributed by atoms with van der Waals surface area (Å²) < 4.78 is 0. The zero-order chi connectivity index (χ0) is 18.6. The number of carbonyl (C=O) groups is 1. The van der Waals surface area contributed by atoms with Crippen LogP contribution in [0.15, 0.2) is 42.6 Å². The van der Waals surface area contributed by atoms with Gasteiger partial charge in [-0.2, -0.15) is 0 Å². The Morgan fingerprint density at radius 3 is 2.37 bits per heavy atom. The maximum Gasteiger partial charge on any atom is 0.255 e. The van der Waals surface area contributed by atoms with Crippen molar-refractivity contribution in [1.82, 2.24) is 9.88 Å². The number of hydrogen-bond donors (Lipinski definition) is 0. The Hall–Kier alpha value is -2.07. The molecule has 3 heterocycles. The van der Waals surface area contributed by atoms with Crippen molar-refractivity contribution < 1.29 is 4.79 Å². The van der Waals surface area contributed by atoms with Gasteiger partial charge in [0, 0.05) is 32.4 Å². The largest absolute Gasteiger partial charge is 0.355 e. The molecule has 4 rings (SSSR count). The number of carbonyl (C=O) groups excluding carboxylic acids is 1. The number of hydrogen-bond acceptors (Lipinski definition) is 3. The van der Waals surface area contributed by atoms with E-state index in [1.165, 1.54) is 12.0 Å². The van der Waals surface area contributed by atoms with Crippen molar-refractivity contribution in [3.05, 3.63) is 58.7 Å². The van der Waals surface area contributed by atoms with Crippen LogP contribution in [-0.4, -0.2) is 42.0 Å². The summed E-state index contributed by atoms with van der Waals surface area (Å²) in [5.74, 6) is 1.46. The van der Waals surface area contributed by atoms with Gasteiger partial charge in [0.05, 0.1) is 10.6 Å². The molecule has 2 aromatic rings. The van der Waals surface area contributed by atoms with E-state index >= 15 is 0 Å². The highest BCUT2D eigenvalue weighted by Gasteiger charge is 2.24. The van der Waals surface area contributed by atoms with Crippen LogP contribution in [0, 0.1) is 0 Å². The lowest BCUT2D eigenvalue weighted by atomic mass is 9.89. The van der Waals surface area contributed by atoms with Crippen LogP contribution in [0.5, 0.6) is 0 Å². The number of anilines is 1. The first-order valence-electron chi connectivity index (χ1n) is 9.97. The van der Waals surface area contributed by atoms with E-state index in [2.05, 4.69) is 40.2 Å². The summed E-state index contributed by atoms with van der Waals surface area (Å²) in [5.41, 5.74) is 2.02. The lowest BCUT2D eigenvalue weighted by Crippen LogP contribution is -2.36. The lowest BCUT2D eigenvalue weighted by molar-refractivity contribution is 0.0724. The molecule has 1 aromatic carbocycles. The number of benzene rings is 1. The second kappa shape index (κ2) is 8.30. The number of piperidine rings is 2. The molecule has 142 valence electrons. The molecule has 0 unspecified atom stereocenters. The summed E-state index contributed by atoms with van der Waals surface area (Å²) in [6.07, 6.45) is 7.26. The number of nitrogens with zero attached hydrogens (tertiary/aromatic N) is 3. The van der Waals surface area contributed by atoms with Crippen LogP contribution in [0.3, 0.4) is 0 Å². The Kier molecular flexibility index (Phi) is 5.63. The van der Waals surface area contributed by atoms with Crippen LogP contribution in [0.2, 0.25) is 5.02 Å². The highest BCUT2D eigenvalue weighted by atomic mass is 35.5. The van der Waals surface area contributed by atoms with E-state index in [1.54, 1.807) is 12.3 Å². The summed E-state index contributed by atoms with van der Waals surface area (Å²) >= 11 is 6.52. The molecule has 2 saturated heterocycles. The van der Waals surface area contributed by atoms with Gasteiger partial charge in [-0.1, -0.05) is 41.9 Å². The lowest BCUT2D eigenvalue weighted by Gasteiger charge is -2.33. The molecule has 0 N–H and O–H groups in total. The zero-order valence-corrected chi connectivity index (χ0v) is 16.4. The maximum atomic E-state index is 12.7. The number of amides is 1. The normalized spacial score (nSPS) is 18.6. The Morgan fingerprint density at radius 1 is 1.00 bits per heavy atom. The van der Waals surface area contributed by atoms with E-state index in [-0.39, 0.29) is 5.91 Å². The fourth-order valence-corrected chi connectivity index (χ4v) is 4.50. The quantitative estimate of drug-likeness (QED) is 0.767. The van der Waals surface area contributed by atoms with Crippen molar-refractivity contribution in [2.45, 2.75) is 38.0 Å². The van der Waals surface area contributed by atoms with Crippen molar-refractivity contribution in [2.24, 2.45) is 0 Å². The Labute approximate surface area is 166 Å². The molecule has 0 atom stereocenters. The molecule has 0 aliphatic carbocycles. The highest BCUT2D eigenvalue weighted by Crippen LogP contribution is 2.32. The van der Waals surface area contributed by atoms with Gasteiger partial charge in [0.2, 0.25) is 0 Å². The molecule has 4 nitrogen and oxygen atoms in total. The molecule has 0 bridgehead atoms. The first kappa shape index (κ1) is 18.3. The summed E-state index contributed by atoms with van der Waals surface area (Å²) in [6.45, 7) is 3.55. The summed E-state index contributed by atoms with van der Waals surface area (Å²) in [6, 6.07) is 12.5. The molecule has 2 aliphatic rings. The molecule has 0 spiro atoms. The number of likely N-dealkylation sites (tertiary alicyclic amines) is 1. The Balaban J connectivity index is 1.42. The summed E-state index contributed by atoms with van der Waals surface area (Å²) in [4.78, 5) is 21.4. The van der Waals surface area contributed by atoms with Gasteiger partial charge in [-0.15, -0.1) is 0 Å².